The molecule has 1 N–H and O–H groups in total. The summed E-state index contributed by atoms with van der Waals surface area (Å²) in [4.78, 5) is 13.6. The van der Waals surface area contributed by atoms with Gasteiger partial charge in [0.1, 0.15) is 17.4 Å². The molecule has 4 rings (SSSR count). The molecule has 5 heteroatoms. The molecule has 0 aliphatic heterocycles. The lowest BCUT2D eigenvalue weighted by Crippen LogP contribution is -2.22. The summed E-state index contributed by atoms with van der Waals surface area (Å²) in [5.74, 6) is 2.53. The maximum absolute atomic E-state index is 5.41. The number of benzene rings is 1. The highest BCUT2D eigenvalue weighted by Crippen LogP contribution is 2.27. The van der Waals surface area contributed by atoms with E-state index in [9.17, 15) is 0 Å². The molecule has 0 bridgehead atoms. The number of methoxy groups -OCH3 is 1. The van der Waals surface area contributed by atoms with E-state index in [1.54, 1.807) is 13.3 Å². The number of aryl methyl sites for hydroxylation is 2. The highest BCUT2D eigenvalue weighted by Gasteiger charge is 2.18. The smallest absolute Gasteiger partial charge is 0.130 e. The largest absolute Gasteiger partial charge is 0.497 e. The van der Waals surface area contributed by atoms with Crippen LogP contribution in [0.2, 0.25) is 0 Å². The lowest BCUT2D eigenvalue weighted by atomic mass is 10.0. The lowest BCUT2D eigenvalue weighted by Gasteiger charge is -2.18. The van der Waals surface area contributed by atoms with E-state index in [2.05, 4.69) is 38.5 Å². The molecule has 1 unspecified atom stereocenters. The molecule has 3 aromatic rings. The van der Waals surface area contributed by atoms with Crippen molar-refractivity contribution in [2.75, 3.05) is 12.4 Å². The van der Waals surface area contributed by atoms with Crippen molar-refractivity contribution in [1.29, 1.82) is 0 Å². The van der Waals surface area contributed by atoms with Crippen molar-refractivity contribution in [1.82, 2.24) is 15.0 Å². The van der Waals surface area contributed by atoms with Crippen LogP contribution in [0.5, 0.6) is 5.75 Å². The van der Waals surface area contributed by atoms with Crippen LogP contribution in [0, 0.1) is 6.92 Å². The Morgan fingerprint density at radius 1 is 1.04 bits per heavy atom. The first kappa shape index (κ1) is 17.5. The topological polar surface area (TPSA) is 59.9 Å². The Labute approximate surface area is 159 Å². The number of ether oxygens (including phenoxy) is 1. The van der Waals surface area contributed by atoms with Crippen molar-refractivity contribution >= 4 is 5.82 Å². The second kappa shape index (κ2) is 7.74. The van der Waals surface area contributed by atoms with Crippen LogP contribution in [-0.4, -0.2) is 28.1 Å². The minimum absolute atomic E-state index is 0.337. The maximum atomic E-state index is 5.41. The number of nitrogens with one attached hydrogen (secondary N) is 1. The molecule has 1 aliphatic carbocycles. The quantitative estimate of drug-likeness (QED) is 0.706. The van der Waals surface area contributed by atoms with Crippen LogP contribution in [0.3, 0.4) is 0 Å². The third-order valence-electron chi connectivity index (χ3n) is 5.00. The van der Waals surface area contributed by atoms with Gasteiger partial charge in [0, 0.05) is 18.3 Å². The van der Waals surface area contributed by atoms with Gasteiger partial charge in [0.2, 0.25) is 0 Å². The third-order valence-corrected chi connectivity index (χ3v) is 5.00. The summed E-state index contributed by atoms with van der Waals surface area (Å²) in [7, 11) is 1.72. The van der Waals surface area contributed by atoms with Gasteiger partial charge in [0.25, 0.3) is 0 Å². The number of pyridine rings is 1. The molecule has 138 valence electrons. The number of anilines is 1. The van der Waals surface area contributed by atoms with E-state index < -0.39 is 0 Å². The van der Waals surface area contributed by atoms with Crippen LogP contribution >= 0.6 is 0 Å². The minimum Gasteiger partial charge on any atom is -0.497 e. The van der Waals surface area contributed by atoms with E-state index in [1.807, 2.05) is 31.2 Å². The van der Waals surface area contributed by atoms with Gasteiger partial charge in [-0.3, -0.25) is 4.98 Å². The van der Waals surface area contributed by atoms with E-state index in [0.29, 0.717) is 6.04 Å². The van der Waals surface area contributed by atoms with E-state index >= 15 is 0 Å². The van der Waals surface area contributed by atoms with Crippen LogP contribution in [0.15, 0.2) is 48.7 Å². The maximum Gasteiger partial charge on any atom is 0.130 e. The molecule has 0 saturated heterocycles. The van der Waals surface area contributed by atoms with E-state index in [-0.39, 0.29) is 0 Å². The summed E-state index contributed by atoms with van der Waals surface area (Å²) in [5, 5.41) is 3.63. The summed E-state index contributed by atoms with van der Waals surface area (Å²) in [6.45, 7) is 1.92. The first-order valence-electron chi connectivity index (χ1n) is 9.40. The van der Waals surface area contributed by atoms with E-state index in [1.165, 1.54) is 11.1 Å². The fourth-order valence-electron chi connectivity index (χ4n) is 3.69. The van der Waals surface area contributed by atoms with Gasteiger partial charge >= 0.3 is 0 Å². The Morgan fingerprint density at radius 2 is 1.96 bits per heavy atom. The number of aromatic nitrogens is 3. The molecule has 0 saturated carbocycles. The number of nitrogens with zero attached hydrogens (tertiary/aromatic N) is 3. The average Bonchev–Trinajstić information content (AvgIpc) is 2.89. The molecular weight excluding hydrogens is 336 g/mol. The standard InChI is InChI=1S/C22H24N4O/c1-15-24-21(20-8-3-4-11-23-20)14-22(25-15)26-18-7-5-6-16-9-10-19(27-2)13-17(16)12-18/h3-4,8-11,13-14,18H,5-7,12H2,1-2H3,(H,24,25,26). The van der Waals surface area contributed by atoms with Crippen molar-refractivity contribution in [3.63, 3.8) is 0 Å². The molecule has 0 radical (unpaired) electrons. The van der Waals surface area contributed by atoms with Gasteiger partial charge in [-0.25, -0.2) is 9.97 Å². The highest BCUT2D eigenvalue weighted by atomic mass is 16.5. The number of hydrogen-bond donors (Lipinski definition) is 1. The monoisotopic (exact) mass is 360 g/mol. The van der Waals surface area contributed by atoms with E-state index in [4.69, 9.17) is 4.74 Å². The van der Waals surface area contributed by atoms with Crippen molar-refractivity contribution in [2.45, 2.75) is 38.6 Å². The normalized spacial score (nSPS) is 16.3. The van der Waals surface area contributed by atoms with Gasteiger partial charge in [0.05, 0.1) is 18.5 Å². The summed E-state index contributed by atoms with van der Waals surface area (Å²) < 4.78 is 5.41. The summed E-state index contributed by atoms with van der Waals surface area (Å²) in [6, 6.07) is 14.6. The Kier molecular flexibility index (Phi) is 5.01. The fourth-order valence-corrected chi connectivity index (χ4v) is 3.69. The zero-order valence-corrected chi connectivity index (χ0v) is 15.8. The molecule has 0 amide bonds. The van der Waals surface area contributed by atoms with Gasteiger partial charge in [-0.05, 0) is 68.0 Å². The number of hydrogen-bond acceptors (Lipinski definition) is 5. The summed E-state index contributed by atoms with van der Waals surface area (Å²) >= 11 is 0. The molecule has 2 aromatic heterocycles. The minimum atomic E-state index is 0.337. The predicted molar refractivity (Wildman–Crippen MR) is 107 cm³/mol. The van der Waals surface area contributed by atoms with Gasteiger partial charge in [-0.15, -0.1) is 0 Å². The molecule has 0 fully saturated rings. The summed E-state index contributed by atoms with van der Waals surface area (Å²) in [5.41, 5.74) is 4.50. The lowest BCUT2D eigenvalue weighted by molar-refractivity contribution is 0.414. The molecule has 2 heterocycles. The predicted octanol–water partition coefficient (Wildman–Crippen LogP) is 4.22. The number of rotatable bonds is 4. The molecule has 0 spiro atoms. The van der Waals surface area contributed by atoms with E-state index in [0.717, 1.165) is 54.5 Å². The number of fused-ring (bicyclic) bond motifs is 1. The molecule has 1 aliphatic rings. The fraction of sp³-hybridized carbons (Fsp3) is 0.318. The first-order valence-corrected chi connectivity index (χ1v) is 9.40. The van der Waals surface area contributed by atoms with Crippen molar-refractivity contribution in [2.24, 2.45) is 0 Å². The molecule has 5 nitrogen and oxygen atoms in total. The highest BCUT2D eigenvalue weighted by molar-refractivity contribution is 5.58. The van der Waals surface area contributed by atoms with Crippen LogP contribution in [0.4, 0.5) is 5.82 Å². The zero-order chi connectivity index (χ0) is 18.6. The third kappa shape index (κ3) is 4.08. The van der Waals surface area contributed by atoms with Crippen molar-refractivity contribution in [3.8, 4) is 17.1 Å². The molecule has 1 atom stereocenters. The molecular formula is C22H24N4O. The Hall–Kier alpha value is -2.95. The van der Waals surface area contributed by atoms with Gasteiger partial charge in [-0.1, -0.05) is 12.1 Å². The Morgan fingerprint density at radius 3 is 2.78 bits per heavy atom. The SMILES string of the molecule is COc1ccc2c(c1)CC(Nc1cc(-c3ccccn3)nc(C)n1)CCC2. The van der Waals surface area contributed by atoms with Crippen LogP contribution in [0.25, 0.3) is 11.4 Å². The second-order valence-electron chi connectivity index (χ2n) is 6.97. The van der Waals surface area contributed by atoms with Crippen LogP contribution in [-0.2, 0) is 12.8 Å². The molecule has 27 heavy (non-hydrogen) atoms. The Balaban J connectivity index is 1.57. The second-order valence-corrected chi connectivity index (χ2v) is 6.97. The van der Waals surface area contributed by atoms with Gasteiger partial charge in [-0.2, -0.15) is 0 Å². The van der Waals surface area contributed by atoms with Gasteiger partial charge < -0.3 is 10.1 Å². The zero-order valence-electron chi connectivity index (χ0n) is 15.8. The first-order chi connectivity index (χ1) is 13.2. The van der Waals surface area contributed by atoms with Crippen molar-refractivity contribution in [3.05, 3.63) is 65.6 Å². The average molecular weight is 360 g/mol. The Bertz CT molecular complexity index is 927. The van der Waals surface area contributed by atoms with Crippen LogP contribution in [0.1, 0.15) is 29.8 Å². The molecule has 1 aromatic carbocycles. The summed E-state index contributed by atoms with van der Waals surface area (Å²) in [6.07, 6.45) is 6.14. The van der Waals surface area contributed by atoms with Gasteiger partial charge in [0.15, 0.2) is 0 Å². The van der Waals surface area contributed by atoms with Crippen molar-refractivity contribution < 1.29 is 4.74 Å². The van der Waals surface area contributed by atoms with Crippen LogP contribution < -0.4 is 10.1 Å².